The molecule has 0 unspecified atom stereocenters. The third-order valence-electron chi connectivity index (χ3n) is 3.44. The Labute approximate surface area is 117 Å². The van der Waals surface area contributed by atoms with Crippen molar-refractivity contribution in [3.8, 4) is 0 Å². The molecular formula is C14H18F2N2S. The van der Waals surface area contributed by atoms with Crippen LogP contribution in [-0.4, -0.2) is 11.2 Å². The third kappa shape index (κ3) is 3.86. The van der Waals surface area contributed by atoms with Crippen LogP contribution in [0.15, 0.2) is 12.1 Å². The van der Waals surface area contributed by atoms with Crippen molar-refractivity contribution in [2.24, 2.45) is 0 Å². The smallest absolute Gasteiger partial charge is 0.171 e. The van der Waals surface area contributed by atoms with Gasteiger partial charge in [-0.1, -0.05) is 19.3 Å². The van der Waals surface area contributed by atoms with Crippen molar-refractivity contribution in [1.82, 2.24) is 5.32 Å². The van der Waals surface area contributed by atoms with Crippen molar-refractivity contribution < 1.29 is 8.78 Å². The summed E-state index contributed by atoms with van der Waals surface area (Å²) in [5.74, 6) is -0.934. The summed E-state index contributed by atoms with van der Waals surface area (Å²) >= 11 is 5.14. The molecule has 5 heteroatoms. The maximum Gasteiger partial charge on any atom is 0.171 e. The molecule has 2 rings (SSSR count). The van der Waals surface area contributed by atoms with Gasteiger partial charge in [-0.15, -0.1) is 0 Å². The minimum Gasteiger partial charge on any atom is -0.360 e. The van der Waals surface area contributed by atoms with E-state index in [2.05, 4.69) is 10.6 Å². The zero-order valence-corrected chi connectivity index (χ0v) is 11.7. The van der Waals surface area contributed by atoms with Crippen LogP contribution < -0.4 is 10.6 Å². The average molecular weight is 284 g/mol. The van der Waals surface area contributed by atoms with E-state index in [1.54, 1.807) is 0 Å². The number of hydrogen-bond acceptors (Lipinski definition) is 1. The first kappa shape index (κ1) is 14.2. The van der Waals surface area contributed by atoms with Crippen LogP contribution in [0.4, 0.5) is 14.5 Å². The number of anilines is 1. The van der Waals surface area contributed by atoms with E-state index in [1.165, 1.54) is 32.3 Å². The van der Waals surface area contributed by atoms with Crippen molar-refractivity contribution >= 4 is 23.0 Å². The molecule has 19 heavy (non-hydrogen) atoms. The number of hydrogen-bond donors (Lipinski definition) is 2. The Hall–Kier alpha value is -1.23. The quantitative estimate of drug-likeness (QED) is 0.806. The number of aryl methyl sites for hydroxylation is 1. The van der Waals surface area contributed by atoms with Gasteiger partial charge in [0.25, 0.3) is 0 Å². The van der Waals surface area contributed by atoms with Crippen LogP contribution >= 0.6 is 12.2 Å². The zero-order chi connectivity index (χ0) is 13.8. The summed E-state index contributed by atoms with van der Waals surface area (Å²) in [6.07, 6.45) is 5.79. The van der Waals surface area contributed by atoms with Crippen LogP contribution in [0, 0.1) is 18.6 Å². The molecule has 0 spiro atoms. The second kappa shape index (κ2) is 6.28. The van der Waals surface area contributed by atoms with Crippen LogP contribution in [0.1, 0.15) is 37.7 Å². The van der Waals surface area contributed by atoms with Crippen LogP contribution in [0.3, 0.4) is 0 Å². The van der Waals surface area contributed by atoms with Crippen LogP contribution in [0.2, 0.25) is 0 Å². The normalized spacial score (nSPS) is 16.2. The predicted molar refractivity (Wildman–Crippen MR) is 77.3 cm³/mol. The van der Waals surface area contributed by atoms with Gasteiger partial charge in [0.05, 0.1) is 5.69 Å². The molecular weight excluding hydrogens is 266 g/mol. The van der Waals surface area contributed by atoms with Gasteiger partial charge < -0.3 is 10.6 Å². The van der Waals surface area contributed by atoms with Crippen LogP contribution in [0.5, 0.6) is 0 Å². The Balaban J connectivity index is 1.96. The summed E-state index contributed by atoms with van der Waals surface area (Å²) < 4.78 is 27.1. The summed E-state index contributed by atoms with van der Waals surface area (Å²) in [6.45, 7) is 1.53. The monoisotopic (exact) mass is 284 g/mol. The van der Waals surface area contributed by atoms with E-state index in [4.69, 9.17) is 12.2 Å². The molecule has 2 N–H and O–H groups in total. The highest BCUT2D eigenvalue weighted by Crippen LogP contribution is 2.20. The second-order valence-electron chi connectivity index (χ2n) is 5.01. The molecule has 1 aliphatic carbocycles. The average Bonchev–Trinajstić information content (AvgIpc) is 2.37. The van der Waals surface area contributed by atoms with Gasteiger partial charge >= 0.3 is 0 Å². The van der Waals surface area contributed by atoms with Crippen molar-refractivity contribution in [2.45, 2.75) is 45.1 Å². The lowest BCUT2D eigenvalue weighted by molar-refractivity contribution is 0.414. The second-order valence-corrected chi connectivity index (χ2v) is 5.42. The maximum atomic E-state index is 13.7. The Bertz CT molecular complexity index is 471. The van der Waals surface area contributed by atoms with Gasteiger partial charge in [0.2, 0.25) is 0 Å². The summed E-state index contributed by atoms with van der Waals surface area (Å²) in [5.41, 5.74) is 0.366. The SMILES string of the molecule is Cc1cc(F)c(NC(=S)NC2CCCCC2)cc1F. The topological polar surface area (TPSA) is 24.1 Å². The molecule has 0 atom stereocenters. The van der Waals surface area contributed by atoms with E-state index in [0.717, 1.165) is 18.9 Å². The molecule has 0 radical (unpaired) electrons. The molecule has 1 aliphatic rings. The van der Waals surface area contributed by atoms with Gasteiger partial charge in [0, 0.05) is 12.1 Å². The highest BCUT2D eigenvalue weighted by molar-refractivity contribution is 7.80. The van der Waals surface area contributed by atoms with E-state index in [1.807, 2.05) is 0 Å². The standard InChI is InChI=1S/C14H18F2N2S/c1-9-7-12(16)13(8-11(9)15)18-14(19)17-10-5-3-2-4-6-10/h7-8,10H,2-6H2,1H3,(H2,17,18,19). The molecule has 1 saturated carbocycles. The Morgan fingerprint density at radius 3 is 2.53 bits per heavy atom. The molecule has 0 aliphatic heterocycles. The molecule has 104 valence electrons. The molecule has 0 heterocycles. The Morgan fingerprint density at radius 2 is 1.84 bits per heavy atom. The first-order chi connectivity index (χ1) is 9.06. The fourth-order valence-corrected chi connectivity index (χ4v) is 2.61. The highest BCUT2D eigenvalue weighted by atomic mass is 32.1. The molecule has 0 amide bonds. The first-order valence-electron chi connectivity index (χ1n) is 6.59. The number of thiocarbonyl (C=S) groups is 1. The van der Waals surface area contributed by atoms with Crippen molar-refractivity contribution in [2.75, 3.05) is 5.32 Å². The largest absolute Gasteiger partial charge is 0.360 e. The molecule has 0 bridgehead atoms. The molecule has 0 saturated heterocycles. The number of nitrogens with one attached hydrogen (secondary N) is 2. The van der Waals surface area contributed by atoms with E-state index < -0.39 is 11.6 Å². The molecule has 1 fully saturated rings. The van der Waals surface area contributed by atoms with Crippen molar-refractivity contribution in [1.29, 1.82) is 0 Å². The highest BCUT2D eigenvalue weighted by Gasteiger charge is 2.15. The van der Waals surface area contributed by atoms with E-state index in [0.29, 0.717) is 11.2 Å². The molecule has 0 aromatic heterocycles. The molecule has 1 aromatic rings. The first-order valence-corrected chi connectivity index (χ1v) is 7.00. The zero-order valence-electron chi connectivity index (χ0n) is 10.9. The van der Waals surface area contributed by atoms with Crippen molar-refractivity contribution in [3.63, 3.8) is 0 Å². The minimum absolute atomic E-state index is 0.0800. The summed E-state index contributed by atoms with van der Waals surface area (Å²) in [7, 11) is 0. The van der Waals surface area contributed by atoms with Crippen LogP contribution in [-0.2, 0) is 0 Å². The van der Waals surface area contributed by atoms with E-state index in [9.17, 15) is 8.78 Å². The summed E-state index contributed by atoms with van der Waals surface area (Å²) in [6, 6.07) is 2.65. The van der Waals surface area contributed by atoms with Gasteiger partial charge in [-0.2, -0.15) is 0 Å². The fraction of sp³-hybridized carbons (Fsp3) is 0.500. The molecule has 1 aromatic carbocycles. The Morgan fingerprint density at radius 1 is 1.16 bits per heavy atom. The van der Waals surface area contributed by atoms with E-state index in [-0.39, 0.29) is 11.3 Å². The lowest BCUT2D eigenvalue weighted by Crippen LogP contribution is -2.39. The van der Waals surface area contributed by atoms with Gasteiger partial charge in [-0.05, 0) is 43.6 Å². The van der Waals surface area contributed by atoms with Gasteiger partial charge in [-0.25, -0.2) is 8.78 Å². The third-order valence-corrected chi connectivity index (χ3v) is 3.66. The number of halogens is 2. The molecule has 2 nitrogen and oxygen atoms in total. The number of rotatable bonds is 2. The minimum atomic E-state index is -0.494. The summed E-state index contributed by atoms with van der Waals surface area (Å²) in [4.78, 5) is 0. The van der Waals surface area contributed by atoms with Crippen molar-refractivity contribution in [3.05, 3.63) is 29.3 Å². The maximum absolute atomic E-state index is 13.7. The Kier molecular flexibility index (Phi) is 4.69. The van der Waals surface area contributed by atoms with Gasteiger partial charge in [-0.3, -0.25) is 0 Å². The predicted octanol–water partition coefficient (Wildman–Crippen LogP) is 3.89. The number of benzene rings is 1. The fourth-order valence-electron chi connectivity index (χ4n) is 2.33. The van der Waals surface area contributed by atoms with Gasteiger partial charge in [0.1, 0.15) is 11.6 Å². The van der Waals surface area contributed by atoms with Crippen LogP contribution in [0.25, 0.3) is 0 Å². The van der Waals surface area contributed by atoms with E-state index >= 15 is 0 Å². The van der Waals surface area contributed by atoms with Gasteiger partial charge in [0.15, 0.2) is 5.11 Å². The lowest BCUT2D eigenvalue weighted by atomic mass is 9.96. The lowest BCUT2D eigenvalue weighted by Gasteiger charge is -2.24. The summed E-state index contributed by atoms with van der Waals surface area (Å²) in [5, 5.41) is 6.25.